The van der Waals surface area contributed by atoms with Gasteiger partial charge in [-0.25, -0.2) is 0 Å². The lowest BCUT2D eigenvalue weighted by Crippen LogP contribution is -2.59. The average molecular weight is 591 g/mol. The fourth-order valence-electron chi connectivity index (χ4n) is 6.81. The van der Waals surface area contributed by atoms with Crippen LogP contribution in [-0.4, -0.2) is 106 Å². The summed E-state index contributed by atoms with van der Waals surface area (Å²) in [6, 6.07) is 0. The molecule has 0 aromatic carbocycles. The SMILES string of the molecule is CCC1OC(=O)C(C)C(OC2CC(C)(OC)C(O)C(C)O2)C(C)C(OC)C(C)(O)CC(C)C(=O)C(C)C(O)C1(C)O. The number of aliphatic hydroxyl groups excluding tert-OH is 2. The van der Waals surface area contributed by atoms with Crippen LogP contribution in [0.25, 0.3) is 0 Å². The Balaban J connectivity index is 2.59. The first-order chi connectivity index (χ1) is 18.8. The number of hydrogen-bond acceptors (Lipinski definition) is 11. The van der Waals surface area contributed by atoms with Crippen molar-refractivity contribution in [3.05, 3.63) is 0 Å². The van der Waals surface area contributed by atoms with E-state index in [0.29, 0.717) is 0 Å². The summed E-state index contributed by atoms with van der Waals surface area (Å²) < 4.78 is 29.6. The predicted octanol–water partition coefficient (Wildman–Crippen LogP) is 1.99. The van der Waals surface area contributed by atoms with Crippen LogP contribution in [0.2, 0.25) is 0 Å². The van der Waals surface area contributed by atoms with Gasteiger partial charge in [0.2, 0.25) is 0 Å². The third-order valence-electron chi connectivity index (χ3n) is 9.52. The van der Waals surface area contributed by atoms with E-state index in [2.05, 4.69) is 0 Å². The number of aliphatic hydroxyl groups is 4. The molecule has 0 aliphatic carbocycles. The number of carbonyl (C=O) groups excluding carboxylic acids is 2. The molecule has 240 valence electrons. The molecule has 0 amide bonds. The fraction of sp³-hybridized carbons (Fsp3) is 0.933. The first-order valence-corrected chi connectivity index (χ1v) is 14.7. The molecular formula is C30H54O11. The van der Waals surface area contributed by atoms with Crippen molar-refractivity contribution in [2.75, 3.05) is 14.2 Å². The molecule has 11 heteroatoms. The van der Waals surface area contributed by atoms with Crippen molar-refractivity contribution in [1.82, 2.24) is 0 Å². The highest BCUT2D eigenvalue weighted by molar-refractivity contribution is 5.83. The molecule has 0 bridgehead atoms. The van der Waals surface area contributed by atoms with Crippen molar-refractivity contribution < 1.29 is 53.7 Å². The first kappa shape index (κ1) is 36.0. The molecule has 0 spiro atoms. The quantitative estimate of drug-likeness (QED) is 0.347. The summed E-state index contributed by atoms with van der Waals surface area (Å²) in [5, 5.41) is 44.8. The Morgan fingerprint density at radius 1 is 0.927 bits per heavy atom. The molecule has 0 radical (unpaired) electrons. The molecule has 0 aromatic heterocycles. The zero-order valence-electron chi connectivity index (χ0n) is 26.6. The molecule has 2 heterocycles. The second-order valence-electron chi connectivity index (χ2n) is 13.0. The highest BCUT2D eigenvalue weighted by atomic mass is 16.7. The van der Waals surface area contributed by atoms with E-state index in [-0.39, 0.29) is 25.0 Å². The van der Waals surface area contributed by atoms with Crippen LogP contribution in [0.1, 0.15) is 81.6 Å². The number of esters is 1. The van der Waals surface area contributed by atoms with Crippen molar-refractivity contribution in [2.24, 2.45) is 23.7 Å². The minimum Gasteiger partial charge on any atom is -0.459 e. The molecule has 2 aliphatic heterocycles. The monoisotopic (exact) mass is 590 g/mol. The predicted molar refractivity (Wildman–Crippen MR) is 150 cm³/mol. The van der Waals surface area contributed by atoms with E-state index in [9.17, 15) is 30.0 Å². The van der Waals surface area contributed by atoms with Gasteiger partial charge in [0.15, 0.2) is 6.29 Å². The van der Waals surface area contributed by atoms with Crippen molar-refractivity contribution in [3.8, 4) is 0 Å². The summed E-state index contributed by atoms with van der Waals surface area (Å²) >= 11 is 0. The van der Waals surface area contributed by atoms with Crippen LogP contribution in [0.5, 0.6) is 0 Å². The highest BCUT2D eigenvalue weighted by Crippen LogP contribution is 2.39. The van der Waals surface area contributed by atoms with E-state index in [1.54, 1.807) is 48.5 Å². The van der Waals surface area contributed by atoms with Crippen molar-refractivity contribution in [1.29, 1.82) is 0 Å². The number of rotatable bonds is 5. The van der Waals surface area contributed by atoms with E-state index in [1.165, 1.54) is 28.1 Å². The van der Waals surface area contributed by atoms with E-state index in [4.69, 9.17) is 23.7 Å². The Hall–Kier alpha value is -1.18. The first-order valence-electron chi connectivity index (χ1n) is 14.7. The van der Waals surface area contributed by atoms with Gasteiger partial charge in [-0.15, -0.1) is 0 Å². The Kier molecular flexibility index (Phi) is 12.0. The van der Waals surface area contributed by atoms with Gasteiger partial charge in [0.25, 0.3) is 0 Å². The van der Waals surface area contributed by atoms with Gasteiger partial charge >= 0.3 is 5.97 Å². The van der Waals surface area contributed by atoms with Gasteiger partial charge in [0.1, 0.15) is 23.6 Å². The molecule has 0 aromatic rings. The van der Waals surface area contributed by atoms with Crippen molar-refractivity contribution in [3.63, 3.8) is 0 Å². The van der Waals surface area contributed by atoms with Crippen LogP contribution in [0.15, 0.2) is 0 Å². The van der Waals surface area contributed by atoms with Gasteiger partial charge in [-0.1, -0.05) is 27.7 Å². The van der Waals surface area contributed by atoms with Gasteiger partial charge in [-0.2, -0.15) is 0 Å². The largest absolute Gasteiger partial charge is 0.459 e. The minimum absolute atomic E-state index is 0.00153. The van der Waals surface area contributed by atoms with Gasteiger partial charge in [0, 0.05) is 38.4 Å². The summed E-state index contributed by atoms with van der Waals surface area (Å²) in [5.41, 5.74) is -4.45. The summed E-state index contributed by atoms with van der Waals surface area (Å²) in [7, 11) is 2.94. The second-order valence-corrected chi connectivity index (χ2v) is 13.0. The zero-order valence-corrected chi connectivity index (χ0v) is 26.6. The second kappa shape index (κ2) is 13.6. The van der Waals surface area contributed by atoms with E-state index < -0.39 is 89.4 Å². The van der Waals surface area contributed by atoms with Crippen molar-refractivity contribution >= 4 is 11.8 Å². The smallest absolute Gasteiger partial charge is 0.311 e. The van der Waals surface area contributed by atoms with Gasteiger partial charge in [0.05, 0.1) is 41.5 Å². The van der Waals surface area contributed by atoms with Crippen LogP contribution >= 0.6 is 0 Å². The molecule has 41 heavy (non-hydrogen) atoms. The lowest BCUT2D eigenvalue weighted by molar-refractivity contribution is -0.300. The minimum atomic E-state index is -1.93. The molecule has 14 unspecified atom stereocenters. The third-order valence-corrected chi connectivity index (χ3v) is 9.52. The van der Waals surface area contributed by atoms with Crippen LogP contribution in [0, 0.1) is 23.7 Å². The normalized spacial score (nSPS) is 49.3. The van der Waals surface area contributed by atoms with Crippen LogP contribution in [-0.2, 0) is 33.3 Å². The number of ether oxygens (including phenoxy) is 5. The fourth-order valence-corrected chi connectivity index (χ4v) is 6.81. The maximum Gasteiger partial charge on any atom is 0.311 e. The Labute approximate surface area is 244 Å². The summed E-state index contributed by atoms with van der Waals surface area (Å²) in [5.74, 6) is -4.27. The van der Waals surface area contributed by atoms with Gasteiger partial charge in [-0.3, -0.25) is 9.59 Å². The number of ketones is 1. The Bertz CT molecular complexity index is 892. The molecule has 14 atom stereocenters. The molecule has 2 rings (SSSR count). The Morgan fingerprint density at radius 3 is 2.02 bits per heavy atom. The molecule has 2 saturated heterocycles. The topological polar surface area (TPSA) is 161 Å². The zero-order chi connectivity index (χ0) is 31.7. The summed E-state index contributed by atoms with van der Waals surface area (Å²) in [4.78, 5) is 27.0. The number of hydrogen-bond donors (Lipinski definition) is 4. The number of carbonyl (C=O) groups is 2. The van der Waals surface area contributed by atoms with Gasteiger partial charge in [-0.05, 0) is 47.5 Å². The van der Waals surface area contributed by atoms with E-state index in [0.717, 1.165) is 0 Å². The maximum atomic E-state index is 13.6. The van der Waals surface area contributed by atoms with Crippen LogP contribution < -0.4 is 0 Å². The van der Waals surface area contributed by atoms with E-state index >= 15 is 0 Å². The number of cyclic esters (lactones) is 1. The third kappa shape index (κ3) is 7.49. The van der Waals surface area contributed by atoms with Crippen LogP contribution in [0.4, 0.5) is 0 Å². The van der Waals surface area contributed by atoms with Crippen molar-refractivity contribution in [2.45, 2.75) is 141 Å². The lowest BCUT2D eigenvalue weighted by atomic mass is 9.74. The highest BCUT2D eigenvalue weighted by Gasteiger charge is 2.51. The molecular weight excluding hydrogens is 536 g/mol. The molecule has 2 fully saturated rings. The maximum absolute atomic E-state index is 13.6. The number of methoxy groups -OCH3 is 2. The standard InChI is InChI=1S/C30H54O11/c1-12-20-30(9,36)24(32)16(3)22(31)15(2)13-28(7,35)26(37-10)17(4)23(18(5)27(34)40-20)41-21-14-29(8,38-11)25(33)19(6)39-21/h15-21,23-26,32-33,35-36H,12-14H2,1-11H3. The summed E-state index contributed by atoms with van der Waals surface area (Å²) in [6.07, 6.45) is -6.53. The molecule has 0 saturated carbocycles. The van der Waals surface area contributed by atoms with E-state index in [1.807, 2.05) is 0 Å². The summed E-state index contributed by atoms with van der Waals surface area (Å²) in [6.45, 7) is 14.7. The molecule has 11 nitrogen and oxygen atoms in total. The Morgan fingerprint density at radius 2 is 1.51 bits per heavy atom. The lowest BCUT2D eigenvalue weighted by Gasteiger charge is -2.47. The average Bonchev–Trinajstić information content (AvgIpc) is 2.90. The molecule has 2 aliphatic rings. The van der Waals surface area contributed by atoms with Gasteiger partial charge < -0.3 is 44.1 Å². The van der Waals surface area contributed by atoms with Crippen LogP contribution in [0.3, 0.4) is 0 Å². The molecule has 4 N–H and O–H groups in total. The number of Topliss-reactive ketones (excluding diaryl/α,β-unsaturated/α-hetero) is 1.